The summed E-state index contributed by atoms with van der Waals surface area (Å²) in [7, 11) is 0. The fourth-order valence-electron chi connectivity index (χ4n) is 0.0295. The van der Waals surface area contributed by atoms with Crippen LogP contribution in [0.5, 0.6) is 0 Å². The van der Waals surface area contributed by atoms with Crippen molar-refractivity contribution in [3.63, 3.8) is 0 Å². The lowest BCUT2D eigenvalue weighted by atomic mass is 11.2. The van der Waals surface area contributed by atoms with Crippen molar-refractivity contribution in [1.29, 1.82) is 5.41 Å². The third kappa shape index (κ3) is 3.14. The summed E-state index contributed by atoms with van der Waals surface area (Å²) in [6.07, 6.45) is 2.03. The Morgan fingerprint density at radius 2 is 2.60 bits per heavy atom. The highest BCUT2D eigenvalue weighted by atomic mass is 16.1. The lowest BCUT2D eigenvalue weighted by molar-refractivity contribution is 0.553. The van der Waals surface area contributed by atoms with Crippen molar-refractivity contribution in [2.24, 2.45) is 0 Å². The maximum absolute atomic E-state index is 9.02. The van der Waals surface area contributed by atoms with Gasteiger partial charge < -0.3 is 5.32 Å². The van der Waals surface area contributed by atoms with Gasteiger partial charge in [0.25, 0.3) is 0 Å². The van der Waals surface area contributed by atoms with Gasteiger partial charge in [0.15, 0.2) is 0 Å². The number of hydrogen-bond donors (Lipinski definition) is 2. The molecule has 0 aliphatic rings. The van der Waals surface area contributed by atoms with Gasteiger partial charge in [-0.15, -0.1) is 0 Å². The highest BCUT2D eigenvalue weighted by molar-refractivity contribution is 5.69. The van der Waals surface area contributed by atoms with Gasteiger partial charge in [0.1, 0.15) is 0 Å². The average Bonchev–Trinajstić information content (AvgIpc) is 1.41. The van der Waals surface area contributed by atoms with Crippen LogP contribution in [0.2, 0.25) is 0 Å². The Morgan fingerprint density at radius 3 is 2.60 bits per heavy atom. The van der Waals surface area contributed by atoms with E-state index in [-0.39, 0.29) is 0 Å². The van der Waals surface area contributed by atoms with Crippen molar-refractivity contribution in [3.8, 4) is 0 Å². The maximum atomic E-state index is 9.02. The van der Waals surface area contributed by atoms with Crippen LogP contribution < -0.4 is 5.32 Å². The summed E-state index contributed by atoms with van der Waals surface area (Å²) in [6, 6.07) is 0. The Balaban J connectivity index is 2.65. The molecule has 1 radical (unpaired) electrons. The van der Waals surface area contributed by atoms with Gasteiger partial charge in [0.2, 0.25) is 0 Å². The van der Waals surface area contributed by atoms with E-state index in [1.165, 1.54) is 6.41 Å². The van der Waals surface area contributed by atoms with Crippen molar-refractivity contribution in [2.45, 2.75) is 0 Å². The van der Waals surface area contributed by atoms with Crippen LogP contribution in [-0.2, 0) is 4.79 Å². The van der Waals surface area contributed by atoms with Crippen LogP contribution in [0.4, 0.5) is 0 Å². The van der Waals surface area contributed by atoms with Crippen LogP contribution in [0.15, 0.2) is 0 Å². The van der Waals surface area contributed by atoms with E-state index < -0.39 is 0 Å². The van der Waals surface area contributed by atoms with Gasteiger partial charge in [0, 0.05) is 0 Å². The Morgan fingerprint density at radius 1 is 2.00 bits per heavy atom. The van der Waals surface area contributed by atoms with Crippen LogP contribution in [-0.4, -0.2) is 12.7 Å². The predicted octanol–water partition coefficient (Wildman–Crippen LogP) is -0.750. The molecule has 5 heavy (non-hydrogen) atoms. The van der Waals surface area contributed by atoms with Crippen molar-refractivity contribution in [1.82, 2.24) is 5.32 Å². The molecular weight excluding hydrogens is 68.0 g/mol. The Labute approximate surface area is 29.5 Å². The van der Waals surface area contributed by atoms with Crippen LogP contribution in [0, 0.1) is 5.41 Å². The third-order valence-corrected chi connectivity index (χ3v) is 0.131. The molecule has 0 saturated carbocycles. The van der Waals surface area contributed by atoms with E-state index in [4.69, 9.17) is 10.2 Å². The number of hydrogen-bond acceptors (Lipinski definition) is 2. The summed E-state index contributed by atoms with van der Waals surface area (Å²) in [5.74, 6) is 0. The van der Waals surface area contributed by atoms with Crippen LogP contribution in [0.1, 0.15) is 0 Å². The largest absolute Gasteiger partial charge is 0.314 e. The molecule has 0 unspecified atom stereocenters. The van der Waals surface area contributed by atoms with E-state index in [9.17, 15) is 0 Å². The molecule has 0 aromatic rings. The molecule has 0 atom stereocenters. The van der Waals surface area contributed by atoms with E-state index >= 15 is 0 Å². The minimum absolute atomic E-state index is 0.757. The monoisotopic (exact) mass is 71.0 g/mol. The molecular formula is C2H3N2O. The zero-order valence-electron chi connectivity index (χ0n) is 2.49. The minimum Gasteiger partial charge on any atom is -0.309 e. The van der Waals surface area contributed by atoms with Gasteiger partial charge in [-0.2, -0.15) is 0 Å². The smallest absolute Gasteiger partial charge is 0.309 e. The molecule has 1 amide bonds. The van der Waals surface area contributed by atoms with Crippen LogP contribution in [0.3, 0.4) is 0 Å². The van der Waals surface area contributed by atoms with E-state index in [1.807, 2.05) is 5.32 Å². The molecule has 0 spiro atoms. The van der Waals surface area contributed by atoms with Gasteiger partial charge >= 0.3 is 6.41 Å². The lowest BCUT2D eigenvalue weighted by Gasteiger charge is -1.66. The second kappa shape index (κ2) is 3.14. The highest BCUT2D eigenvalue weighted by Gasteiger charge is 1.56. The fraction of sp³-hybridized carbons (Fsp3) is 0. The van der Waals surface area contributed by atoms with Crippen molar-refractivity contribution in [3.05, 3.63) is 0 Å². The van der Waals surface area contributed by atoms with Gasteiger partial charge in [-0.1, -0.05) is 0 Å². The quantitative estimate of drug-likeness (QED) is 0.251. The second-order valence-corrected chi connectivity index (χ2v) is 0.391. The molecule has 0 aromatic heterocycles. The standard InChI is InChI=1S/C2H3N2O/c3-1-4-2-5/h1H,(H2,3,4,5). The molecule has 0 rings (SSSR count). The first-order valence-electron chi connectivity index (χ1n) is 1.03. The number of carbonyl (C=O) groups excluding carboxylic acids is 1. The molecule has 0 saturated heterocycles. The Hall–Kier alpha value is -0.860. The fourth-order valence-corrected chi connectivity index (χ4v) is 0.0295. The number of rotatable bonds is 2. The molecule has 3 heteroatoms. The summed E-state index contributed by atoms with van der Waals surface area (Å²) >= 11 is 0. The van der Waals surface area contributed by atoms with Crippen LogP contribution >= 0.6 is 0 Å². The maximum Gasteiger partial charge on any atom is 0.314 e. The molecule has 27 valence electrons. The zero-order valence-corrected chi connectivity index (χ0v) is 2.49. The highest BCUT2D eigenvalue weighted by Crippen LogP contribution is 1.19. The summed E-state index contributed by atoms with van der Waals surface area (Å²) < 4.78 is 0. The predicted molar refractivity (Wildman–Crippen MR) is 17.6 cm³/mol. The topological polar surface area (TPSA) is 53.0 Å². The molecule has 3 nitrogen and oxygen atoms in total. The molecule has 0 aliphatic heterocycles. The summed E-state index contributed by atoms with van der Waals surface area (Å²) in [4.78, 5) is 9.02. The minimum atomic E-state index is 0.757. The molecule has 0 bridgehead atoms. The molecule has 0 aliphatic carbocycles. The molecule has 0 aromatic carbocycles. The summed E-state index contributed by atoms with van der Waals surface area (Å²) in [5.41, 5.74) is 0. The first-order valence-corrected chi connectivity index (χ1v) is 1.03. The normalized spacial score (nSPS) is 5.60. The van der Waals surface area contributed by atoms with Gasteiger partial charge in [-0.05, 0) is 0 Å². The van der Waals surface area contributed by atoms with Crippen molar-refractivity contribution < 1.29 is 4.79 Å². The van der Waals surface area contributed by atoms with Crippen molar-refractivity contribution >= 4 is 12.7 Å². The van der Waals surface area contributed by atoms with Crippen molar-refractivity contribution in [2.75, 3.05) is 0 Å². The summed E-state index contributed by atoms with van der Waals surface area (Å²) in [5, 5.41) is 7.95. The van der Waals surface area contributed by atoms with Gasteiger partial charge in [-0.3, -0.25) is 10.2 Å². The first-order chi connectivity index (χ1) is 2.41. The van der Waals surface area contributed by atoms with E-state index in [2.05, 4.69) is 0 Å². The van der Waals surface area contributed by atoms with E-state index in [1.54, 1.807) is 0 Å². The SMILES string of the molecule is N=CN[C]=O. The van der Waals surface area contributed by atoms with Crippen LogP contribution in [0.25, 0.3) is 0 Å². The lowest BCUT2D eigenvalue weighted by Crippen LogP contribution is -2.03. The number of nitrogens with one attached hydrogen (secondary N) is 2. The molecule has 0 heterocycles. The van der Waals surface area contributed by atoms with Gasteiger partial charge in [-0.25, -0.2) is 0 Å². The second-order valence-electron chi connectivity index (χ2n) is 0.391. The first kappa shape index (κ1) is 4.14. The summed E-state index contributed by atoms with van der Waals surface area (Å²) in [6.45, 7) is 0. The average molecular weight is 71.1 g/mol. The third-order valence-electron chi connectivity index (χ3n) is 0.131. The van der Waals surface area contributed by atoms with E-state index in [0.717, 1.165) is 6.34 Å². The van der Waals surface area contributed by atoms with Gasteiger partial charge in [0.05, 0.1) is 6.34 Å². The molecule has 2 N–H and O–H groups in total. The van der Waals surface area contributed by atoms with E-state index in [0.29, 0.717) is 0 Å². The Kier molecular flexibility index (Phi) is 2.60. The number of amides is 1. The Bertz CT molecular complexity index is 36.9. The zero-order chi connectivity index (χ0) is 4.12. The molecule has 0 fully saturated rings.